The van der Waals surface area contributed by atoms with E-state index in [0.717, 1.165) is 0 Å². The lowest BCUT2D eigenvalue weighted by atomic mass is 10.1. The first-order chi connectivity index (χ1) is 7.56. The van der Waals surface area contributed by atoms with Gasteiger partial charge in [-0.15, -0.1) is 0 Å². The van der Waals surface area contributed by atoms with Crippen molar-refractivity contribution in [3.8, 4) is 0 Å². The molecule has 0 aliphatic heterocycles. The molecule has 0 aliphatic carbocycles. The lowest BCUT2D eigenvalue weighted by Crippen LogP contribution is -2.33. The first-order valence-electron chi connectivity index (χ1n) is 5.25. The van der Waals surface area contributed by atoms with Crippen LogP contribution in [0.5, 0.6) is 0 Å². The van der Waals surface area contributed by atoms with E-state index in [0.29, 0.717) is 6.61 Å². The van der Waals surface area contributed by atoms with Crippen LogP contribution in [0, 0.1) is 11.6 Å². The molecule has 1 aromatic carbocycles. The molecule has 2 unspecified atom stereocenters. The highest BCUT2D eigenvalue weighted by Crippen LogP contribution is 2.20. The third-order valence-electron chi connectivity index (χ3n) is 2.38. The quantitative estimate of drug-likeness (QED) is 0.838. The molecule has 0 fully saturated rings. The lowest BCUT2D eigenvalue weighted by Gasteiger charge is -2.20. The number of methoxy groups -OCH3 is 1. The molecule has 16 heavy (non-hydrogen) atoms. The highest BCUT2D eigenvalue weighted by molar-refractivity contribution is 5.22. The minimum absolute atomic E-state index is 0.0407. The van der Waals surface area contributed by atoms with Crippen molar-refractivity contribution in [2.45, 2.75) is 25.9 Å². The molecule has 0 saturated carbocycles. The molecule has 90 valence electrons. The summed E-state index contributed by atoms with van der Waals surface area (Å²) in [6.45, 7) is 4.13. The second-order valence-electron chi connectivity index (χ2n) is 3.88. The van der Waals surface area contributed by atoms with Gasteiger partial charge >= 0.3 is 0 Å². The van der Waals surface area contributed by atoms with E-state index >= 15 is 0 Å². The Morgan fingerprint density at radius 1 is 1.25 bits per heavy atom. The molecule has 0 spiro atoms. The third kappa shape index (κ3) is 3.25. The van der Waals surface area contributed by atoms with Gasteiger partial charge in [-0.05, 0) is 26.0 Å². The molecule has 0 heterocycles. The summed E-state index contributed by atoms with van der Waals surface area (Å²) in [6.07, 6.45) is 0. The van der Waals surface area contributed by atoms with Crippen LogP contribution in [-0.2, 0) is 4.74 Å². The second kappa shape index (κ2) is 5.92. The highest BCUT2D eigenvalue weighted by atomic mass is 19.1. The van der Waals surface area contributed by atoms with Crippen molar-refractivity contribution in [1.29, 1.82) is 0 Å². The maximum Gasteiger partial charge on any atom is 0.130 e. The Bertz CT molecular complexity index is 324. The number of ether oxygens (including phenoxy) is 1. The largest absolute Gasteiger partial charge is 0.383 e. The molecule has 1 N–H and O–H groups in total. The van der Waals surface area contributed by atoms with Gasteiger partial charge in [-0.25, -0.2) is 8.78 Å². The molecule has 0 aromatic heterocycles. The molecular formula is C12H17F2NO. The van der Waals surface area contributed by atoms with Crippen molar-refractivity contribution in [2.75, 3.05) is 13.7 Å². The molecule has 0 radical (unpaired) electrons. The molecule has 0 amide bonds. The maximum absolute atomic E-state index is 13.4. The molecule has 4 heteroatoms. The van der Waals surface area contributed by atoms with Gasteiger partial charge in [0, 0.05) is 24.8 Å². The van der Waals surface area contributed by atoms with Crippen molar-refractivity contribution in [1.82, 2.24) is 5.32 Å². The Hall–Kier alpha value is -1.00. The van der Waals surface area contributed by atoms with E-state index in [1.165, 1.54) is 18.2 Å². The minimum atomic E-state index is -0.524. The molecule has 1 rings (SSSR count). The standard InChI is InChI=1S/C12H17F2NO/c1-8(7-16-3)15-9(2)12-10(13)5-4-6-11(12)14/h4-6,8-9,15H,7H2,1-3H3. The van der Waals surface area contributed by atoms with Gasteiger partial charge in [0.25, 0.3) is 0 Å². The van der Waals surface area contributed by atoms with Gasteiger partial charge in [-0.1, -0.05) is 6.07 Å². The van der Waals surface area contributed by atoms with E-state index in [1.54, 1.807) is 14.0 Å². The molecule has 0 aliphatic rings. The average molecular weight is 229 g/mol. The first kappa shape index (κ1) is 13.1. The van der Waals surface area contributed by atoms with Crippen LogP contribution in [0.3, 0.4) is 0 Å². The van der Waals surface area contributed by atoms with Crippen molar-refractivity contribution < 1.29 is 13.5 Å². The van der Waals surface area contributed by atoms with Crippen LogP contribution in [-0.4, -0.2) is 19.8 Å². The molecule has 0 saturated heterocycles. The van der Waals surface area contributed by atoms with Crippen molar-refractivity contribution >= 4 is 0 Å². The van der Waals surface area contributed by atoms with Gasteiger partial charge in [-0.3, -0.25) is 0 Å². The zero-order chi connectivity index (χ0) is 12.1. The van der Waals surface area contributed by atoms with Crippen LogP contribution in [0.2, 0.25) is 0 Å². The zero-order valence-corrected chi connectivity index (χ0v) is 9.76. The van der Waals surface area contributed by atoms with Gasteiger partial charge in [0.2, 0.25) is 0 Å². The second-order valence-corrected chi connectivity index (χ2v) is 3.88. The minimum Gasteiger partial charge on any atom is -0.383 e. The fraction of sp³-hybridized carbons (Fsp3) is 0.500. The van der Waals surface area contributed by atoms with E-state index < -0.39 is 11.6 Å². The Morgan fingerprint density at radius 3 is 2.31 bits per heavy atom. The van der Waals surface area contributed by atoms with E-state index in [2.05, 4.69) is 5.32 Å². The molecule has 2 atom stereocenters. The Morgan fingerprint density at radius 2 is 1.81 bits per heavy atom. The smallest absolute Gasteiger partial charge is 0.130 e. The Balaban J connectivity index is 2.76. The molecule has 0 bridgehead atoms. The summed E-state index contributed by atoms with van der Waals surface area (Å²) in [5.41, 5.74) is 0.0745. The van der Waals surface area contributed by atoms with Crippen LogP contribution in [0.1, 0.15) is 25.5 Å². The first-order valence-corrected chi connectivity index (χ1v) is 5.25. The average Bonchev–Trinajstić information content (AvgIpc) is 2.17. The summed E-state index contributed by atoms with van der Waals surface area (Å²) in [7, 11) is 1.59. The third-order valence-corrected chi connectivity index (χ3v) is 2.38. The summed E-state index contributed by atoms with van der Waals surface area (Å²) in [5.74, 6) is -1.05. The van der Waals surface area contributed by atoms with Crippen molar-refractivity contribution in [2.24, 2.45) is 0 Å². The predicted molar refractivity (Wildman–Crippen MR) is 59.2 cm³/mol. The van der Waals surface area contributed by atoms with E-state index in [1.807, 2.05) is 6.92 Å². The number of benzene rings is 1. The summed E-state index contributed by atoms with van der Waals surface area (Å²) in [6, 6.07) is 3.54. The van der Waals surface area contributed by atoms with Gasteiger partial charge < -0.3 is 10.1 Å². The monoisotopic (exact) mass is 229 g/mol. The van der Waals surface area contributed by atoms with Crippen molar-refractivity contribution in [3.63, 3.8) is 0 Å². The maximum atomic E-state index is 13.4. The van der Waals surface area contributed by atoms with Gasteiger partial charge in [-0.2, -0.15) is 0 Å². The molecular weight excluding hydrogens is 212 g/mol. The number of nitrogens with one attached hydrogen (secondary N) is 1. The molecule has 1 aromatic rings. The zero-order valence-electron chi connectivity index (χ0n) is 9.76. The lowest BCUT2D eigenvalue weighted by molar-refractivity contribution is 0.167. The van der Waals surface area contributed by atoms with Crippen LogP contribution in [0.4, 0.5) is 8.78 Å². The topological polar surface area (TPSA) is 21.3 Å². The fourth-order valence-corrected chi connectivity index (χ4v) is 1.73. The Labute approximate surface area is 94.6 Å². The SMILES string of the molecule is COCC(C)NC(C)c1c(F)cccc1F. The summed E-state index contributed by atoms with van der Waals surface area (Å²) in [4.78, 5) is 0. The van der Waals surface area contributed by atoms with Crippen LogP contribution >= 0.6 is 0 Å². The number of hydrogen-bond donors (Lipinski definition) is 1. The van der Waals surface area contributed by atoms with E-state index in [4.69, 9.17) is 4.74 Å². The normalized spacial score (nSPS) is 14.8. The van der Waals surface area contributed by atoms with Crippen molar-refractivity contribution in [3.05, 3.63) is 35.4 Å². The fourth-order valence-electron chi connectivity index (χ4n) is 1.73. The number of hydrogen-bond acceptors (Lipinski definition) is 2. The summed E-state index contributed by atoms with van der Waals surface area (Å²) >= 11 is 0. The van der Waals surface area contributed by atoms with Crippen LogP contribution in [0.25, 0.3) is 0 Å². The van der Waals surface area contributed by atoms with Gasteiger partial charge in [0.05, 0.1) is 6.61 Å². The van der Waals surface area contributed by atoms with E-state index in [-0.39, 0.29) is 17.6 Å². The predicted octanol–water partition coefficient (Wildman–Crippen LogP) is 2.65. The summed E-state index contributed by atoms with van der Waals surface area (Å²) < 4.78 is 31.8. The highest BCUT2D eigenvalue weighted by Gasteiger charge is 2.17. The van der Waals surface area contributed by atoms with Crippen LogP contribution in [0.15, 0.2) is 18.2 Å². The van der Waals surface area contributed by atoms with E-state index in [9.17, 15) is 8.78 Å². The Kier molecular flexibility index (Phi) is 4.83. The van der Waals surface area contributed by atoms with Crippen LogP contribution < -0.4 is 5.32 Å². The number of rotatable bonds is 5. The van der Waals surface area contributed by atoms with Gasteiger partial charge in [0.15, 0.2) is 0 Å². The molecule has 2 nitrogen and oxygen atoms in total. The summed E-state index contributed by atoms with van der Waals surface area (Å²) in [5, 5.41) is 3.07. The van der Waals surface area contributed by atoms with Gasteiger partial charge in [0.1, 0.15) is 11.6 Å². The number of halogens is 2.